The highest BCUT2D eigenvalue weighted by Crippen LogP contribution is 2.16. The van der Waals surface area contributed by atoms with Gasteiger partial charge in [-0.25, -0.2) is 4.98 Å². The van der Waals surface area contributed by atoms with Gasteiger partial charge in [-0.3, -0.25) is 4.79 Å². The molecule has 0 saturated heterocycles. The van der Waals surface area contributed by atoms with Gasteiger partial charge in [0.05, 0.1) is 18.4 Å². The van der Waals surface area contributed by atoms with Crippen molar-refractivity contribution in [1.29, 1.82) is 0 Å². The molecule has 0 amide bonds. The predicted octanol–water partition coefficient (Wildman–Crippen LogP) is 2.14. The third kappa shape index (κ3) is 3.74. The average molecular weight is 326 g/mol. The zero-order valence-corrected chi connectivity index (χ0v) is 14.1. The normalized spacial score (nSPS) is 18.4. The van der Waals surface area contributed by atoms with E-state index in [9.17, 15) is 4.79 Å². The second-order valence-electron chi connectivity index (χ2n) is 5.00. The molecule has 0 fully saturated rings. The van der Waals surface area contributed by atoms with Gasteiger partial charge in [0.1, 0.15) is 16.9 Å². The van der Waals surface area contributed by atoms with Crippen LogP contribution < -0.4 is 10.7 Å². The number of allylic oxidation sites excluding steroid dienone is 5. The van der Waals surface area contributed by atoms with E-state index in [0.29, 0.717) is 12.2 Å². The summed E-state index contributed by atoms with van der Waals surface area (Å²) < 4.78 is 5.41. The van der Waals surface area contributed by atoms with E-state index >= 15 is 0 Å². The molecule has 1 unspecified atom stereocenters. The summed E-state index contributed by atoms with van der Waals surface area (Å²) >= 11 is 0. The van der Waals surface area contributed by atoms with Crippen LogP contribution in [0.15, 0.2) is 42.5 Å². The second-order valence-corrected chi connectivity index (χ2v) is 5.00. The van der Waals surface area contributed by atoms with Crippen molar-refractivity contribution in [2.45, 2.75) is 20.3 Å². The van der Waals surface area contributed by atoms with Crippen LogP contribution in [-0.4, -0.2) is 28.2 Å². The Morgan fingerprint density at radius 1 is 1.29 bits per heavy atom. The van der Waals surface area contributed by atoms with E-state index in [0.717, 1.165) is 22.0 Å². The van der Waals surface area contributed by atoms with E-state index in [2.05, 4.69) is 9.97 Å². The molecule has 0 bridgehead atoms. The number of ether oxygens (including phenoxy) is 1. The van der Waals surface area contributed by atoms with Gasteiger partial charge < -0.3 is 14.8 Å². The minimum absolute atomic E-state index is 0.614. The van der Waals surface area contributed by atoms with E-state index < -0.39 is 11.9 Å². The Bertz CT molecular complexity index is 838. The second kappa shape index (κ2) is 8.15. The Kier molecular flexibility index (Phi) is 5.95. The number of hydrogen-bond acceptors (Lipinski definition) is 3. The van der Waals surface area contributed by atoms with Crippen LogP contribution in [0.25, 0.3) is 17.4 Å². The van der Waals surface area contributed by atoms with E-state index in [4.69, 9.17) is 9.84 Å². The molecule has 0 radical (unpaired) electrons. The molecule has 1 atom stereocenters. The molecule has 0 saturated carbocycles. The van der Waals surface area contributed by atoms with Crippen LogP contribution in [0.4, 0.5) is 0 Å². The summed E-state index contributed by atoms with van der Waals surface area (Å²) in [6.45, 7) is 4.00. The third-order valence-corrected chi connectivity index (χ3v) is 3.58. The van der Waals surface area contributed by atoms with E-state index in [1.807, 2.05) is 38.2 Å². The minimum Gasteiger partial charge on any atom is -0.498 e. The predicted molar refractivity (Wildman–Crippen MR) is 95.2 cm³/mol. The van der Waals surface area contributed by atoms with Gasteiger partial charge in [-0.2, -0.15) is 0 Å². The number of nitrogens with zero attached hydrogens (tertiary/aromatic N) is 1. The lowest BCUT2D eigenvalue weighted by Crippen LogP contribution is -2.26. The standard InChI is InChI=1S/C17H16N2O3.C2H6/c1-22-14-8-3-2-7-13-15(14)19-16(18-13)11-5-4-6-12(10-9-11)17(20)21;1-2/h2-7,9-10,12H,8H2,1H3,(H,18,19)(H,20,21);1-2H3. The first-order valence-corrected chi connectivity index (χ1v) is 7.99. The number of carbonyl (C=O) groups is 1. The first kappa shape index (κ1) is 17.5. The maximum atomic E-state index is 11.0. The highest BCUT2D eigenvalue weighted by molar-refractivity contribution is 5.79. The van der Waals surface area contributed by atoms with E-state index in [1.54, 1.807) is 31.4 Å². The highest BCUT2D eigenvalue weighted by Gasteiger charge is 2.13. The Hall–Kier alpha value is -2.82. The van der Waals surface area contributed by atoms with Gasteiger partial charge in [0.25, 0.3) is 0 Å². The van der Waals surface area contributed by atoms with Gasteiger partial charge in [0, 0.05) is 12.0 Å². The molecule has 0 spiro atoms. The number of aromatic amines is 1. The summed E-state index contributed by atoms with van der Waals surface area (Å²) in [4.78, 5) is 18.9. The Morgan fingerprint density at radius 3 is 2.79 bits per heavy atom. The molecule has 2 N–H and O–H groups in total. The smallest absolute Gasteiger partial charge is 0.314 e. The molecule has 3 rings (SSSR count). The summed E-state index contributed by atoms with van der Waals surface area (Å²) in [7, 11) is 1.64. The maximum Gasteiger partial charge on any atom is 0.314 e. The number of nitrogens with one attached hydrogen (secondary N) is 1. The molecular weight excluding hydrogens is 304 g/mol. The molecule has 5 nitrogen and oxygen atoms in total. The monoisotopic (exact) mass is 326 g/mol. The van der Waals surface area contributed by atoms with Crippen LogP contribution in [0.5, 0.6) is 0 Å². The first-order valence-electron chi connectivity index (χ1n) is 7.99. The van der Waals surface area contributed by atoms with Crippen molar-refractivity contribution in [2.75, 3.05) is 7.11 Å². The van der Waals surface area contributed by atoms with Crippen molar-refractivity contribution in [3.63, 3.8) is 0 Å². The topological polar surface area (TPSA) is 75.2 Å². The summed E-state index contributed by atoms with van der Waals surface area (Å²) in [5.41, 5.74) is 0.834. The Balaban J connectivity index is 0.00000100. The number of aromatic nitrogens is 2. The van der Waals surface area contributed by atoms with E-state index in [-0.39, 0.29) is 0 Å². The van der Waals surface area contributed by atoms with Gasteiger partial charge >= 0.3 is 5.97 Å². The van der Waals surface area contributed by atoms with Crippen molar-refractivity contribution in [3.8, 4) is 0 Å². The fourth-order valence-corrected chi connectivity index (χ4v) is 2.40. The molecule has 126 valence electrons. The fourth-order valence-electron chi connectivity index (χ4n) is 2.40. The lowest BCUT2D eigenvalue weighted by Gasteiger charge is -1.99. The molecule has 2 aliphatic carbocycles. The van der Waals surface area contributed by atoms with E-state index in [1.165, 1.54) is 0 Å². The fraction of sp³-hybridized carbons (Fsp3) is 0.263. The molecule has 5 heteroatoms. The Labute approximate surface area is 141 Å². The van der Waals surface area contributed by atoms with Crippen LogP contribution in [0.2, 0.25) is 0 Å². The zero-order chi connectivity index (χ0) is 17.5. The number of imidazole rings is 1. The van der Waals surface area contributed by atoms with Gasteiger partial charge in [0.15, 0.2) is 0 Å². The number of rotatable bonds is 3. The lowest BCUT2D eigenvalue weighted by atomic mass is 10.1. The largest absolute Gasteiger partial charge is 0.498 e. The van der Waals surface area contributed by atoms with Gasteiger partial charge in [-0.15, -0.1) is 0 Å². The summed E-state index contributed by atoms with van der Waals surface area (Å²) in [5, 5.41) is 10.7. The zero-order valence-electron chi connectivity index (χ0n) is 14.1. The molecule has 24 heavy (non-hydrogen) atoms. The third-order valence-electron chi connectivity index (χ3n) is 3.58. The van der Waals surface area contributed by atoms with Crippen LogP contribution >= 0.6 is 0 Å². The molecule has 1 aromatic heterocycles. The van der Waals surface area contributed by atoms with Crippen molar-refractivity contribution in [1.82, 2.24) is 9.97 Å². The SMILES string of the molecule is CC.COC1=c2nc(C3=CC=CC(C(=O)O)C=C3)[nH]c2=CC=CC1. The number of carboxylic acid groups (broad SMARTS) is 1. The molecule has 1 aromatic rings. The number of methoxy groups -OCH3 is 1. The van der Waals surface area contributed by atoms with Crippen LogP contribution in [0.3, 0.4) is 0 Å². The number of fused-ring (bicyclic) bond motifs is 1. The summed E-state index contributed by atoms with van der Waals surface area (Å²) in [5.74, 6) is 0.0145. The quantitative estimate of drug-likeness (QED) is 0.892. The van der Waals surface area contributed by atoms with Crippen LogP contribution in [0, 0.1) is 5.92 Å². The molecule has 1 heterocycles. The molecular formula is C19H22N2O3. The maximum absolute atomic E-state index is 11.0. The Morgan fingerprint density at radius 2 is 2.08 bits per heavy atom. The van der Waals surface area contributed by atoms with Gasteiger partial charge in [-0.1, -0.05) is 56.4 Å². The summed E-state index contributed by atoms with van der Waals surface area (Å²) in [6.07, 6.45) is 15.3. The van der Waals surface area contributed by atoms with Gasteiger partial charge in [-0.05, 0) is 6.08 Å². The van der Waals surface area contributed by atoms with Crippen molar-refractivity contribution in [2.24, 2.45) is 5.92 Å². The number of aliphatic carboxylic acids is 1. The van der Waals surface area contributed by atoms with Crippen LogP contribution in [0.1, 0.15) is 26.1 Å². The lowest BCUT2D eigenvalue weighted by molar-refractivity contribution is -0.138. The molecule has 2 aliphatic rings. The minimum atomic E-state index is -0.870. The average Bonchev–Trinajstić information content (AvgIpc) is 2.78. The molecule has 0 aliphatic heterocycles. The highest BCUT2D eigenvalue weighted by atomic mass is 16.5. The molecule has 0 aromatic carbocycles. The van der Waals surface area contributed by atoms with Gasteiger partial charge in [0.2, 0.25) is 0 Å². The van der Waals surface area contributed by atoms with Crippen molar-refractivity contribution in [3.05, 3.63) is 59.1 Å². The number of H-pyrrole nitrogens is 1. The van der Waals surface area contributed by atoms with Crippen molar-refractivity contribution >= 4 is 23.4 Å². The van der Waals surface area contributed by atoms with Crippen LogP contribution in [-0.2, 0) is 9.53 Å². The van der Waals surface area contributed by atoms with Crippen molar-refractivity contribution < 1.29 is 14.6 Å². The first-order chi connectivity index (χ1) is 11.7. The number of carboxylic acids is 1. The number of hydrogen-bond donors (Lipinski definition) is 2. The summed E-state index contributed by atoms with van der Waals surface area (Å²) in [6, 6.07) is 0.